The van der Waals surface area contributed by atoms with E-state index in [0.717, 1.165) is 0 Å². The predicted molar refractivity (Wildman–Crippen MR) is 85.7 cm³/mol. The van der Waals surface area contributed by atoms with E-state index in [2.05, 4.69) is 15.5 Å². The maximum atomic E-state index is 12.9. The third-order valence-corrected chi connectivity index (χ3v) is 4.88. The molecule has 1 aromatic carbocycles. The van der Waals surface area contributed by atoms with Gasteiger partial charge >= 0.3 is 5.97 Å². The van der Waals surface area contributed by atoms with Crippen LogP contribution in [0.15, 0.2) is 30.5 Å². The zero-order valence-electron chi connectivity index (χ0n) is 12.6. The van der Waals surface area contributed by atoms with E-state index in [1.807, 2.05) is 0 Å². The molecular formula is C15H15FN4O3S. The summed E-state index contributed by atoms with van der Waals surface area (Å²) in [4.78, 5) is 25.2. The predicted octanol–water partition coefficient (Wildman–Crippen LogP) is 1.49. The van der Waals surface area contributed by atoms with E-state index >= 15 is 0 Å². The number of aliphatic carboxylic acids is 1. The van der Waals surface area contributed by atoms with Crippen LogP contribution in [0.3, 0.4) is 0 Å². The molecule has 0 spiro atoms. The molecule has 1 saturated heterocycles. The third-order valence-electron chi connectivity index (χ3n) is 3.89. The van der Waals surface area contributed by atoms with Crippen LogP contribution < -0.4 is 5.32 Å². The Morgan fingerprint density at radius 3 is 2.54 bits per heavy atom. The van der Waals surface area contributed by atoms with Crippen LogP contribution in [0.25, 0.3) is 5.69 Å². The Balaban J connectivity index is 1.78. The third kappa shape index (κ3) is 3.25. The first kappa shape index (κ1) is 16.4. The lowest BCUT2D eigenvalue weighted by Crippen LogP contribution is -2.56. The van der Waals surface area contributed by atoms with Crippen molar-refractivity contribution in [1.82, 2.24) is 20.3 Å². The Hall–Kier alpha value is -2.42. The molecule has 1 amide bonds. The van der Waals surface area contributed by atoms with Crippen LogP contribution in [-0.4, -0.2) is 49.0 Å². The number of rotatable bonds is 4. The highest BCUT2D eigenvalue weighted by Gasteiger charge is 2.41. The number of thioether (sulfide) groups is 1. The monoisotopic (exact) mass is 350 g/mol. The number of amides is 1. The number of nitrogens with one attached hydrogen (secondary N) is 1. The van der Waals surface area contributed by atoms with E-state index in [1.165, 1.54) is 35.3 Å². The second kappa shape index (κ2) is 6.60. The fourth-order valence-electron chi connectivity index (χ4n) is 2.46. The normalized spacial score (nSPS) is 16.5. The van der Waals surface area contributed by atoms with Gasteiger partial charge in [0.2, 0.25) is 0 Å². The molecule has 2 heterocycles. The number of hydrogen-bond donors (Lipinski definition) is 2. The fraction of sp³-hybridized carbons (Fsp3) is 0.333. The first-order valence-corrected chi connectivity index (χ1v) is 8.48. The Bertz CT molecular complexity index is 756. The van der Waals surface area contributed by atoms with Crippen molar-refractivity contribution in [2.45, 2.75) is 18.4 Å². The Morgan fingerprint density at radius 2 is 1.92 bits per heavy atom. The molecule has 1 aliphatic rings. The van der Waals surface area contributed by atoms with Crippen LogP contribution in [0, 0.1) is 5.82 Å². The van der Waals surface area contributed by atoms with Crippen LogP contribution in [-0.2, 0) is 4.79 Å². The standard InChI is InChI=1S/C15H15FN4O3S/c16-10-1-3-11(4-2-10)20-17-9-12(19-20)13(21)18-15(14(22)23)5-7-24-8-6-15/h1-4,9H,5-8H2,(H,18,21)(H,22,23). The molecule has 2 aromatic rings. The highest BCUT2D eigenvalue weighted by Crippen LogP contribution is 2.27. The van der Waals surface area contributed by atoms with Gasteiger partial charge in [-0.3, -0.25) is 4.79 Å². The first-order chi connectivity index (χ1) is 11.5. The van der Waals surface area contributed by atoms with Crippen molar-refractivity contribution in [2.24, 2.45) is 0 Å². The minimum absolute atomic E-state index is 0.0122. The summed E-state index contributed by atoms with van der Waals surface area (Å²) in [6.45, 7) is 0. The zero-order valence-corrected chi connectivity index (χ0v) is 13.4. The average molecular weight is 350 g/mol. The maximum Gasteiger partial charge on any atom is 0.329 e. The van der Waals surface area contributed by atoms with Crippen LogP contribution in [0.4, 0.5) is 4.39 Å². The van der Waals surface area contributed by atoms with Gasteiger partial charge in [-0.1, -0.05) is 0 Å². The van der Waals surface area contributed by atoms with Crippen LogP contribution in [0.5, 0.6) is 0 Å². The highest BCUT2D eigenvalue weighted by atomic mass is 32.2. The summed E-state index contributed by atoms with van der Waals surface area (Å²) in [5.41, 5.74) is -0.752. The van der Waals surface area contributed by atoms with Crippen molar-refractivity contribution in [3.63, 3.8) is 0 Å². The lowest BCUT2D eigenvalue weighted by Gasteiger charge is -2.33. The molecule has 9 heteroatoms. The van der Waals surface area contributed by atoms with Gasteiger partial charge in [-0.15, -0.1) is 5.10 Å². The second-order valence-electron chi connectivity index (χ2n) is 5.45. The van der Waals surface area contributed by atoms with Gasteiger partial charge < -0.3 is 10.4 Å². The number of carboxylic acids is 1. The molecule has 0 radical (unpaired) electrons. The van der Waals surface area contributed by atoms with Gasteiger partial charge in [-0.05, 0) is 48.6 Å². The minimum atomic E-state index is -1.26. The van der Waals surface area contributed by atoms with E-state index in [-0.39, 0.29) is 11.5 Å². The summed E-state index contributed by atoms with van der Waals surface area (Å²) in [6, 6.07) is 5.48. The summed E-state index contributed by atoms with van der Waals surface area (Å²) in [5.74, 6) is -0.661. The van der Waals surface area contributed by atoms with E-state index in [0.29, 0.717) is 30.0 Å². The highest BCUT2D eigenvalue weighted by molar-refractivity contribution is 7.99. The molecule has 1 fully saturated rings. The number of carboxylic acid groups (broad SMARTS) is 1. The molecule has 0 bridgehead atoms. The number of halogens is 1. The molecule has 126 valence electrons. The van der Waals surface area contributed by atoms with Gasteiger partial charge in [0, 0.05) is 0 Å². The Labute approximate surface area is 141 Å². The lowest BCUT2D eigenvalue weighted by atomic mass is 9.92. The SMILES string of the molecule is O=C(NC1(C(=O)O)CCSCC1)c1cnn(-c2ccc(F)cc2)n1. The smallest absolute Gasteiger partial charge is 0.329 e. The van der Waals surface area contributed by atoms with Crippen molar-refractivity contribution < 1.29 is 19.1 Å². The number of aromatic nitrogens is 3. The number of carbonyl (C=O) groups excluding carboxylic acids is 1. The summed E-state index contributed by atoms with van der Waals surface area (Å²) >= 11 is 1.66. The second-order valence-corrected chi connectivity index (χ2v) is 6.67. The van der Waals surface area contributed by atoms with Crippen LogP contribution in [0.1, 0.15) is 23.3 Å². The summed E-state index contributed by atoms with van der Waals surface area (Å²) in [6.07, 6.45) is 1.99. The van der Waals surface area contributed by atoms with Crippen molar-refractivity contribution >= 4 is 23.6 Å². The van der Waals surface area contributed by atoms with Gasteiger partial charge in [0.1, 0.15) is 11.4 Å². The molecule has 2 N–H and O–H groups in total. The summed E-state index contributed by atoms with van der Waals surface area (Å²) in [5, 5.41) is 20.1. The van der Waals surface area contributed by atoms with Crippen molar-refractivity contribution in [3.05, 3.63) is 42.0 Å². The maximum absolute atomic E-state index is 12.9. The number of benzene rings is 1. The van der Waals surface area contributed by atoms with Crippen LogP contribution in [0.2, 0.25) is 0 Å². The summed E-state index contributed by atoms with van der Waals surface area (Å²) in [7, 11) is 0. The van der Waals surface area contributed by atoms with E-state index < -0.39 is 17.4 Å². The molecule has 0 saturated carbocycles. The van der Waals surface area contributed by atoms with Crippen molar-refractivity contribution in [3.8, 4) is 5.69 Å². The van der Waals surface area contributed by atoms with Crippen molar-refractivity contribution in [2.75, 3.05) is 11.5 Å². The fourth-order valence-corrected chi connectivity index (χ4v) is 3.65. The summed E-state index contributed by atoms with van der Waals surface area (Å²) < 4.78 is 12.9. The molecule has 3 rings (SSSR count). The van der Waals surface area contributed by atoms with E-state index in [1.54, 1.807) is 11.8 Å². The number of carbonyl (C=O) groups is 2. The Kier molecular flexibility index (Phi) is 4.52. The van der Waals surface area contributed by atoms with Gasteiger partial charge in [0.05, 0.1) is 11.9 Å². The Morgan fingerprint density at radius 1 is 1.25 bits per heavy atom. The molecule has 0 atom stereocenters. The zero-order chi connectivity index (χ0) is 17.2. The lowest BCUT2D eigenvalue weighted by molar-refractivity contribution is -0.144. The largest absolute Gasteiger partial charge is 0.480 e. The molecule has 24 heavy (non-hydrogen) atoms. The molecule has 0 aliphatic carbocycles. The van der Waals surface area contributed by atoms with E-state index in [9.17, 15) is 19.1 Å². The number of nitrogens with zero attached hydrogens (tertiary/aromatic N) is 3. The van der Waals surface area contributed by atoms with Gasteiger partial charge in [0.15, 0.2) is 5.69 Å². The van der Waals surface area contributed by atoms with Gasteiger partial charge in [-0.2, -0.15) is 21.7 Å². The number of hydrogen-bond acceptors (Lipinski definition) is 5. The molecule has 7 nitrogen and oxygen atoms in total. The topological polar surface area (TPSA) is 97.1 Å². The quantitative estimate of drug-likeness (QED) is 0.867. The average Bonchev–Trinajstić information content (AvgIpc) is 3.06. The molecule has 1 aliphatic heterocycles. The van der Waals surface area contributed by atoms with Gasteiger partial charge in [0.25, 0.3) is 5.91 Å². The first-order valence-electron chi connectivity index (χ1n) is 7.32. The minimum Gasteiger partial charge on any atom is -0.480 e. The van der Waals surface area contributed by atoms with Crippen molar-refractivity contribution in [1.29, 1.82) is 0 Å². The van der Waals surface area contributed by atoms with Gasteiger partial charge in [-0.25, -0.2) is 9.18 Å². The van der Waals surface area contributed by atoms with E-state index in [4.69, 9.17) is 0 Å². The molecule has 1 aromatic heterocycles. The van der Waals surface area contributed by atoms with Crippen LogP contribution >= 0.6 is 11.8 Å². The molecule has 0 unspecified atom stereocenters. The molecular weight excluding hydrogens is 335 g/mol.